The molecule has 2 N–H and O–H groups in total. The van der Waals surface area contributed by atoms with Crippen molar-refractivity contribution < 1.29 is 0 Å². The molecule has 1 aliphatic rings. The predicted molar refractivity (Wildman–Crippen MR) is 78.6 cm³/mol. The molecule has 1 nitrogen and oxygen atoms in total. The van der Waals surface area contributed by atoms with Crippen molar-refractivity contribution in [3.63, 3.8) is 0 Å². The molecule has 0 spiro atoms. The summed E-state index contributed by atoms with van der Waals surface area (Å²) in [5.41, 5.74) is 10.8. The van der Waals surface area contributed by atoms with Crippen molar-refractivity contribution in [1.29, 1.82) is 0 Å². The Kier molecular flexibility index (Phi) is 3.82. The lowest BCUT2D eigenvalue weighted by Crippen LogP contribution is -2.43. The van der Waals surface area contributed by atoms with E-state index in [1.165, 1.54) is 29.5 Å². The molecule has 1 fully saturated rings. The molecule has 2 atom stereocenters. The zero-order valence-corrected chi connectivity index (χ0v) is 12.3. The Morgan fingerprint density at radius 2 is 2.00 bits per heavy atom. The van der Waals surface area contributed by atoms with E-state index < -0.39 is 0 Å². The number of hydrogen-bond donors (Lipinski definition) is 1. The van der Waals surface area contributed by atoms with Gasteiger partial charge in [0.15, 0.2) is 0 Å². The molecule has 0 aromatic heterocycles. The summed E-state index contributed by atoms with van der Waals surface area (Å²) in [7, 11) is 0. The molecule has 2 unspecified atom stereocenters. The summed E-state index contributed by atoms with van der Waals surface area (Å²) in [6.45, 7) is 9.07. The summed E-state index contributed by atoms with van der Waals surface area (Å²) < 4.78 is 0. The van der Waals surface area contributed by atoms with E-state index in [2.05, 4.69) is 45.9 Å². The van der Waals surface area contributed by atoms with Crippen molar-refractivity contribution in [2.24, 2.45) is 17.6 Å². The highest BCUT2D eigenvalue weighted by Gasteiger charge is 2.36. The van der Waals surface area contributed by atoms with Gasteiger partial charge in [-0.15, -0.1) is 0 Å². The summed E-state index contributed by atoms with van der Waals surface area (Å²) in [5.74, 6) is 1.53. The van der Waals surface area contributed by atoms with E-state index in [-0.39, 0.29) is 5.54 Å². The van der Waals surface area contributed by atoms with Gasteiger partial charge < -0.3 is 5.73 Å². The van der Waals surface area contributed by atoms with Crippen molar-refractivity contribution in [1.82, 2.24) is 0 Å². The van der Waals surface area contributed by atoms with E-state index in [9.17, 15) is 0 Å². The molecule has 0 bridgehead atoms. The van der Waals surface area contributed by atoms with Crippen LogP contribution in [0.5, 0.6) is 0 Å². The lowest BCUT2D eigenvalue weighted by atomic mass is 9.68. The van der Waals surface area contributed by atoms with E-state index in [0.29, 0.717) is 0 Å². The lowest BCUT2D eigenvalue weighted by molar-refractivity contribution is 0.183. The second-order valence-electron chi connectivity index (χ2n) is 6.50. The van der Waals surface area contributed by atoms with Crippen LogP contribution in [0, 0.1) is 25.7 Å². The first-order valence-corrected chi connectivity index (χ1v) is 7.29. The number of nitrogens with two attached hydrogens (primary N) is 1. The van der Waals surface area contributed by atoms with Crippen molar-refractivity contribution >= 4 is 0 Å². The van der Waals surface area contributed by atoms with Crippen LogP contribution in [0.1, 0.15) is 56.2 Å². The van der Waals surface area contributed by atoms with Crippen molar-refractivity contribution in [3.8, 4) is 0 Å². The van der Waals surface area contributed by atoms with Crippen LogP contribution in [0.4, 0.5) is 0 Å². The number of benzene rings is 1. The highest BCUT2D eigenvalue weighted by atomic mass is 14.8. The third-order valence-electron chi connectivity index (χ3n) is 4.91. The topological polar surface area (TPSA) is 26.0 Å². The Morgan fingerprint density at radius 1 is 1.28 bits per heavy atom. The monoisotopic (exact) mass is 245 g/mol. The zero-order valence-electron chi connectivity index (χ0n) is 12.3. The summed E-state index contributed by atoms with van der Waals surface area (Å²) in [6, 6.07) is 6.58. The number of hydrogen-bond acceptors (Lipinski definition) is 1. The molecule has 1 aromatic carbocycles. The van der Waals surface area contributed by atoms with Gasteiger partial charge >= 0.3 is 0 Å². The van der Waals surface area contributed by atoms with Gasteiger partial charge in [-0.3, -0.25) is 0 Å². The third kappa shape index (κ3) is 2.47. The molecule has 2 rings (SSSR count). The Bertz CT molecular complexity index is 422. The Balaban J connectivity index is 2.33. The molecule has 0 radical (unpaired) electrons. The highest BCUT2D eigenvalue weighted by Crippen LogP contribution is 2.42. The number of rotatable bonds is 2. The summed E-state index contributed by atoms with van der Waals surface area (Å²) in [4.78, 5) is 0. The molecule has 0 aliphatic heterocycles. The van der Waals surface area contributed by atoms with Gasteiger partial charge in [0, 0.05) is 5.54 Å². The van der Waals surface area contributed by atoms with Gasteiger partial charge in [0.1, 0.15) is 0 Å². The van der Waals surface area contributed by atoms with Gasteiger partial charge in [-0.1, -0.05) is 44.9 Å². The second kappa shape index (κ2) is 5.05. The fourth-order valence-corrected chi connectivity index (χ4v) is 3.46. The van der Waals surface area contributed by atoms with Crippen molar-refractivity contribution in [3.05, 3.63) is 34.9 Å². The quantitative estimate of drug-likeness (QED) is 0.826. The molecule has 1 aromatic rings. The first kappa shape index (κ1) is 13.6. The lowest BCUT2D eigenvalue weighted by Gasteiger charge is -2.41. The molecule has 1 saturated carbocycles. The van der Waals surface area contributed by atoms with E-state index in [1.54, 1.807) is 0 Å². The minimum atomic E-state index is -0.0940. The van der Waals surface area contributed by atoms with Gasteiger partial charge in [0.2, 0.25) is 0 Å². The molecule has 0 amide bonds. The third-order valence-corrected chi connectivity index (χ3v) is 4.91. The normalized spacial score (nSPS) is 28.7. The van der Waals surface area contributed by atoms with Gasteiger partial charge in [-0.05, 0) is 55.2 Å². The minimum Gasteiger partial charge on any atom is -0.321 e. The SMILES string of the molecule is Cc1cccc(C2(N)CCCC(C(C)C)C2)c1C. The van der Waals surface area contributed by atoms with E-state index in [1.807, 2.05) is 0 Å². The maximum absolute atomic E-state index is 6.78. The van der Waals surface area contributed by atoms with Gasteiger partial charge in [-0.25, -0.2) is 0 Å². The van der Waals surface area contributed by atoms with Crippen LogP contribution >= 0.6 is 0 Å². The maximum atomic E-state index is 6.78. The van der Waals surface area contributed by atoms with Crippen molar-refractivity contribution in [2.75, 3.05) is 0 Å². The van der Waals surface area contributed by atoms with Gasteiger partial charge in [0.25, 0.3) is 0 Å². The van der Waals surface area contributed by atoms with Crippen LogP contribution in [0.15, 0.2) is 18.2 Å². The van der Waals surface area contributed by atoms with Crippen LogP contribution in [-0.2, 0) is 5.54 Å². The smallest absolute Gasteiger partial charge is 0.0415 e. The first-order valence-electron chi connectivity index (χ1n) is 7.29. The molecule has 1 aliphatic carbocycles. The molecular formula is C17H27N. The van der Waals surface area contributed by atoms with E-state index in [4.69, 9.17) is 5.73 Å². The molecule has 1 heteroatoms. The largest absolute Gasteiger partial charge is 0.321 e. The molecule has 18 heavy (non-hydrogen) atoms. The summed E-state index contributed by atoms with van der Waals surface area (Å²) in [6.07, 6.45) is 4.91. The zero-order chi connectivity index (χ0) is 13.3. The van der Waals surface area contributed by atoms with Crippen LogP contribution in [0.25, 0.3) is 0 Å². The van der Waals surface area contributed by atoms with E-state index in [0.717, 1.165) is 24.7 Å². The molecule has 0 saturated heterocycles. The van der Waals surface area contributed by atoms with Gasteiger partial charge in [0.05, 0.1) is 0 Å². The minimum absolute atomic E-state index is 0.0940. The number of aryl methyl sites for hydroxylation is 1. The molecule has 0 heterocycles. The standard InChI is InChI=1S/C17H27N/c1-12(2)15-8-6-10-17(18,11-15)16-9-5-7-13(3)14(16)4/h5,7,9,12,15H,6,8,10-11,18H2,1-4H3. The average molecular weight is 245 g/mol. The summed E-state index contributed by atoms with van der Waals surface area (Å²) >= 11 is 0. The Morgan fingerprint density at radius 3 is 2.67 bits per heavy atom. The second-order valence-corrected chi connectivity index (χ2v) is 6.50. The molecule has 100 valence electrons. The molecular weight excluding hydrogens is 218 g/mol. The van der Waals surface area contributed by atoms with Crippen LogP contribution < -0.4 is 5.73 Å². The van der Waals surface area contributed by atoms with Crippen LogP contribution in [0.3, 0.4) is 0 Å². The fraction of sp³-hybridized carbons (Fsp3) is 0.647. The van der Waals surface area contributed by atoms with Gasteiger partial charge in [-0.2, -0.15) is 0 Å². The predicted octanol–water partition coefficient (Wildman–Crippen LogP) is 4.30. The fourth-order valence-electron chi connectivity index (χ4n) is 3.46. The Labute approximate surface area is 112 Å². The average Bonchev–Trinajstić information content (AvgIpc) is 2.32. The summed E-state index contributed by atoms with van der Waals surface area (Å²) in [5, 5.41) is 0. The Hall–Kier alpha value is -0.820. The maximum Gasteiger partial charge on any atom is 0.0415 e. The van der Waals surface area contributed by atoms with Crippen LogP contribution in [-0.4, -0.2) is 0 Å². The van der Waals surface area contributed by atoms with Crippen molar-refractivity contribution in [2.45, 2.75) is 58.9 Å². The first-order chi connectivity index (χ1) is 8.44. The van der Waals surface area contributed by atoms with Crippen LogP contribution in [0.2, 0.25) is 0 Å². The highest BCUT2D eigenvalue weighted by molar-refractivity contribution is 5.38. The van der Waals surface area contributed by atoms with E-state index >= 15 is 0 Å².